The molecule has 2 aromatic carbocycles. The van der Waals surface area contributed by atoms with Crippen molar-refractivity contribution in [1.82, 2.24) is 4.90 Å². The van der Waals surface area contributed by atoms with Crippen molar-refractivity contribution < 1.29 is 33.4 Å². The van der Waals surface area contributed by atoms with Crippen molar-refractivity contribution >= 4 is 29.3 Å². The first-order chi connectivity index (χ1) is 18.0. The summed E-state index contributed by atoms with van der Waals surface area (Å²) in [5.74, 6) is 0.0753. The maximum atomic E-state index is 12.8. The highest BCUT2D eigenvalue weighted by molar-refractivity contribution is 6.02. The van der Waals surface area contributed by atoms with Gasteiger partial charge in [-0.2, -0.15) is 0 Å². The minimum atomic E-state index is -0.285. The minimum Gasteiger partial charge on any atom is -0.485 e. The Morgan fingerprint density at radius 1 is 1.11 bits per heavy atom. The van der Waals surface area contributed by atoms with Crippen molar-refractivity contribution in [3.63, 3.8) is 0 Å². The van der Waals surface area contributed by atoms with E-state index in [4.69, 9.17) is 14.2 Å². The Morgan fingerprint density at radius 3 is 2.70 bits per heavy atom. The van der Waals surface area contributed by atoms with Gasteiger partial charge in [0.15, 0.2) is 19.0 Å². The highest BCUT2D eigenvalue weighted by atomic mass is 16.5. The van der Waals surface area contributed by atoms with Gasteiger partial charge in [-0.05, 0) is 56.5 Å². The maximum absolute atomic E-state index is 12.8. The fourth-order valence-corrected chi connectivity index (χ4v) is 4.57. The van der Waals surface area contributed by atoms with Crippen LogP contribution in [0.2, 0.25) is 0 Å². The number of anilines is 1. The average Bonchev–Trinajstić information content (AvgIpc) is 2.93. The van der Waals surface area contributed by atoms with Gasteiger partial charge in [0.2, 0.25) is 5.91 Å². The van der Waals surface area contributed by atoms with Crippen LogP contribution in [0.3, 0.4) is 0 Å². The molecule has 196 valence electrons. The standard InChI is InChI=1S/C28H32N2O7/c1-2-35-28(34)21-8-6-14-29(17-21)26(32)11-7-15-30-23-16-20(12-13-25(23)37-19-27(30)33)24(31)18-36-22-9-4-3-5-10-22/h3-5,9-10,12-13,16,21H,2,6-8,11,14-15,17-19H2,1H3. The first-order valence-electron chi connectivity index (χ1n) is 12.7. The summed E-state index contributed by atoms with van der Waals surface area (Å²) in [4.78, 5) is 53.6. The second-order valence-corrected chi connectivity index (χ2v) is 9.08. The number of ether oxygens (including phenoxy) is 3. The molecule has 2 aliphatic heterocycles. The third-order valence-electron chi connectivity index (χ3n) is 6.50. The summed E-state index contributed by atoms with van der Waals surface area (Å²) in [5.41, 5.74) is 0.919. The van der Waals surface area contributed by atoms with Crippen LogP contribution in [0.5, 0.6) is 11.5 Å². The average molecular weight is 509 g/mol. The van der Waals surface area contributed by atoms with E-state index in [1.54, 1.807) is 47.1 Å². The lowest BCUT2D eigenvalue weighted by Crippen LogP contribution is -2.43. The molecule has 0 radical (unpaired) electrons. The number of nitrogens with zero attached hydrogens (tertiary/aromatic N) is 2. The number of hydrogen-bond acceptors (Lipinski definition) is 7. The number of carbonyl (C=O) groups excluding carboxylic acids is 4. The number of rotatable bonds is 10. The second-order valence-electron chi connectivity index (χ2n) is 9.08. The number of carbonyl (C=O) groups is 4. The molecule has 0 saturated carbocycles. The molecule has 1 unspecified atom stereocenters. The van der Waals surface area contributed by atoms with Crippen LogP contribution < -0.4 is 14.4 Å². The lowest BCUT2D eigenvalue weighted by atomic mass is 9.98. The number of piperidine rings is 1. The van der Waals surface area contributed by atoms with Crippen LogP contribution in [0.1, 0.15) is 43.0 Å². The topological polar surface area (TPSA) is 102 Å². The molecule has 0 bridgehead atoms. The summed E-state index contributed by atoms with van der Waals surface area (Å²) < 4.78 is 16.2. The summed E-state index contributed by atoms with van der Waals surface area (Å²) in [6, 6.07) is 14.0. The number of esters is 1. The van der Waals surface area contributed by atoms with E-state index in [9.17, 15) is 19.2 Å². The molecule has 0 aliphatic carbocycles. The Labute approximate surface area is 216 Å². The molecule has 1 fully saturated rings. The molecule has 1 atom stereocenters. The van der Waals surface area contributed by atoms with Gasteiger partial charge in [0, 0.05) is 31.6 Å². The van der Waals surface area contributed by atoms with Gasteiger partial charge >= 0.3 is 5.97 Å². The zero-order chi connectivity index (χ0) is 26.2. The SMILES string of the molecule is CCOC(=O)C1CCCN(C(=O)CCCN2C(=O)COc3ccc(C(=O)COc4ccccc4)cc32)C1. The van der Waals surface area contributed by atoms with Gasteiger partial charge in [-0.15, -0.1) is 0 Å². The van der Waals surface area contributed by atoms with E-state index in [1.807, 2.05) is 18.2 Å². The monoisotopic (exact) mass is 508 g/mol. The summed E-state index contributed by atoms with van der Waals surface area (Å²) in [6.45, 7) is 3.16. The summed E-state index contributed by atoms with van der Waals surface area (Å²) in [7, 11) is 0. The Kier molecular flexibility index (Phi) is 8.77. The smallest absolute Gasteiger partial charge is 0.310 e. The largest absolute Gasteiger partial charge is 0.485 e. The third kappa shape index (κ3) is 6.67. The van der Waals surface area contributed by atoms with E-state index in [-0.39, 0.29) is 49.1 Å². The van der Waals surface area contributed by atoms with Gasteiger partial charge < -0.3 is 24.0 Å². The van der Waals surface area contributed by atoms with E-state index in [2.05, 4.69) is 0 Å². The van der Waals surface area contributed by atoms with Gasteiger partial charge in [-0.1, -0.05) is 18.2 Å². The molecule has 2 aromatic rings. The van der Waals surface area contributed by atoms with Crippen LogP contribution in [0.4, 0.5) is 5.69 Å². The van der Waals surface area contributed by atoms with E-state index in [0.29, 0.717) is 55.4 Å². The Bertz CT molecular complexity index is 1130. The van der Waals surface area contributed by atoms with Crippen LogP contribution in [0.25, 0.3) is 0 Å². The second kappa shape index (κ2) is 12.4. The van der Waals surface area contributed by atoms with Gasteiger partial charge in [0.05, 0.1) is 18.2 Å². The molecule has 0 N–H and O–H groups in total. The predicted molar refractivity (Wildman–Crippen MR) is 136 cm³/mol. The third-order valence-corrected chi connectivity index (χ3v) is 6.50. The van der Waals surface area contributed by atoms with Gasteiger partial charge in [0.25, 0.3) is 5.91 Å². The number of para-hydroxylation sites is 1. The van der Waals surface area contributed by atoms with Crippen molar-refractivity contribution in [1.29, 1.82) is 0 Å². The van der Waals surface area contributed by atoms with Crippen molar-refractivity contribution in [2.24, 2.45) is 5.92 Å². The quantitative estimate of drug-likeness (QED) is 0.359. The number of likely N-dealkylation sites (tertiary alicyclic amines) is 1. The number of hydrogen-bond donors (Lipinski definition) is 0. The lowest BCUT2D eigenvalue weighted by Gasteiger charge is -2.32. The number of benzene rings is 2. The van der Waals surface area contributed by atoms with Crippen LogP contribution in [-0.2, 0) is 19.1 Å². The van der Waals surface area contributed by atoms with Crippen molar-refractivity contribution in [3.05, 3.63) is 54.1 Å². The molecule has 0 spiro atoms. The molecule has 0 aromatic heterocycles. The molecule has 4 rings (SSSR count). The molecule has 2 heterocycles. The number of ketones is 1. The number of Topliss-reactive ketones (excluding diaryl/α,β-unsaturated/α-hetero) is 1. The molecule has 9 heteroatoms. The molecule has 2 aliphatic rings. The lowest BCUT2D eigenvalue weighted by molar-refractivity contribution is -0.151. The van der Waals surface area contributed by atoms with Crippen molar-refractivity contribution in [2.45, 2.75) is 32.6 Å². The summed E-state index contributed by atoms with van der Waals surface area (Å²) in [6.07, 6.45) is 2.17. The predicted octanol–water partition coefficient (Wildman–Crippen LogP) is 3.26. The van der Waals surface area contributed by atoms with Gasteiger partial charge in [0.1, 0.15) is 11.5 Å². The Balaban J connectivity index is 1.34. The normalized spacial score (nSPS) is 17.0. The Hall–Kier alpha value is -3.88. The highest BCUT2D eigenvalue weighted by Crippen LogP contribution is 2.33. The van der Waals surface area contributed by atoms with Gasteiger partial charge in [-0.25, -0.2) is 0 Å². The van der Waals surface area contributed by atoms with E-state index >= 15 is 0 Å². The maximum Gasteiger partial charge on any atom is 0.310 e. The molecule has 9 nitrogen and oxygen atoms in total. The van der Waals surface area contributed by atoms with Crippen LogP contribution in [-0.4, -0.2) is 67.9 Å². The minimum absolute atomic E-state index is 0.0445. The van der Waals surface area contributed by atoms with E-state index in [0.717, 1.165) is 12.8 Å². The molecular weight excluding hydrogens is 476 g/mol. The van der Waals surface area contributed by atoms with Crippen molar-refractivity contribution in [3.8, 4) is 11.5 Å². The highest BCUT2D eigenvalue weighted by Gasteiger charge is 2.30. The van der Waals surface area contributed by atoms with E-state index < -0.39 is 0 Å². The Morgan fingerprint density at radius 2 is 1.92 bits per heavy atom. The summed E-state index contributed by atoms with van der Waals surface area (Å²) >= 11 is 0. The van der Waals surface area contributed by atoms with E-state index in [1.165, 1.54) is 0 Å². The fourth-order valence-electron chi connectivity index (χ4n) is 4.57. The van der Waals surface area contributed by atoms with Crippen LogP contribution >= 0.6 is 0 Å². The first kappa shape index (κ1) is 26.2. The fraction of sp³-hybridized carbons (Fsp3) is 0.429. The summed E-state index contributed by atoms with van der Waals surface area (Å²) in [5, 5.41) is 0. The zero-order valence-electron chi connectivity index (χ0n) is 21.0. The molecular formula is C28H32N2O7. The molecule has 2 amide bonds. The van der Waals surface area contributed by atoms with Crippen molar-refractivity contribution in [2.75, 3.05) is 44.4 Å². The number of amides is 2. The van der Waals surface area contributed by atoms with Crippen LogP contribution in [0.15, 0.2) is 48.5 Å². The molecule has 1 saturated heterocycles. The van der Waals surface area contributed by atoms with Gasteiger partial charge in [-0.3, -0.25) is 19.2 Å². The molecule has 37 heavy (non-hydrogen) atoms. The van der Waals surface area contributed by atoms with Crippen LogP contribution in [0, 0.1) is 5.92 Å². The zero-order valence-corrected chi connectivity index (χ0v) is 21.0. The number of fused-ring (bicyclic) bond motifs is 1. The first-order valence-corrected chi connectivity index (χ1v) is 12.7.